The molecule has 4 aliphatic rings. The minimum atomic E-state index is -1.48. The van der Waals surface area contributed by atoms with Crippen LogP contribution in [0.1, 0.15) is 32.1 Å². The van der Waals surface area contributed by atoms with Crippen molar-refractivity contribution in [3.8, 4) is 0 Å². The average molecular weight is 340 g/mol. The molecule has 23 heavy (non-hydrogen) atoms. The molecule has 0 atom stereocenters. The molecule has 2 N–H and O–H groups in total. The van der Waals surface area contributed by atoms with Crippen molar-refractivity contribution >= 4 is 23.0 Å². The van der Waals surface area contributed by atoms with Crippen LogP contribution in [-0.2, 0) is 0 Å². The van der Waals surface area contributed by atoms with Gasteiger partial charge in [0.25, 0.3) is 0 Å². The number of thiocarbonyl (C=S) groups is 1. The van der Waals surface area contributed by atoms with E-state index in [4.69, 9.17) is 12.2 Å². The molecular weight excluding hydrogens is 321 g/mol. The summed E-state index contributed by atoms with van der Waals surface area (Å²) in [6.45, 7) is 0. The average Bonchev–Trinajstić information content (AvgIpc) is 2.51. The van der Waals surface area contributed by atoms with E-state index in [0.29, 0.717) is 17.9 Å². The topological polar surface area (TPSA) is 24.1 Å². The Labute approximate surface area is 138 Å². The largest absolute Gasteiger partial charge is 0.359 e. The van der Waals surface area contributed by atoms with Crippen LogP contribution in [0.3, 0.4) is 0 Å². The normalized spacial score (nSPS) is 34.5. The Bertz CT molecular complexity index is 621. The number of rotatable bonds is 2. The van der Waals surface area contributed by atoms with Crippen LogP contribution in [0.5, 0.6) is 0 Å². The molecule has 2 nitrogen and oxygen atoms in total. The van der Waals surface area contributed by atoms with Crippen molar-refractivity contribution in [2.75, 3.05) is 5.32 Å². The monoisotopic (exact) mass is 340 g/mol. The van der Waals surface area contributed by atoms with E-state index in [1.54, 1.807) is 0 Å². The summed E-state index contributed by atoms with van der Waals surface area (Å²) in [5.41, 5.74) is -0.134. The van der Waals surface area contributed by atoms with Crippen LogP contribution < -0.4 is 10.6 Å². The van der Waals surface area contributed by atoms with Crippen LogP contribution in [0.4, 0.5) is 18.9 Å². The van der Waals surface area contributed by atoms with Gasteiger partial charge in [-0.3, -0.25) is 0 Å². The van der Waals surface area contributed by atoms with Crippen molar-refractivity contribution in [2.45, 2.75) is 38.1 Å². The summed E-state index contributed by atoms with van der Waals surface area (Å²) in [5, 5.41) is 6.27. The van der Waals surface area contributed by atoms with Gasteiger partial charge in [0.1, 0.15) is 0 Å². The zero-order valence-corrected chi connectivity index (χ0v) is 13.4. The van der Waals surface area contributed by atoms with Crippen LogP contribution in [-0.4, -0.2) is 11.2 Å². The van der Waals surface area contributed by atoms with Crippen LogP contribution in [0, 0.1) is 41.1 Å². The van der Waals surface area contributed by atoms with Gasteiger partial charge in [-0.15, -0.1) is 0 Å². The first-order chi connectivity index (χ1) is 11.0. The molecule has 124 valence electrons. The minimum Gasteiger partial charge on any atom is -0.359 e. The van der Waals surface area contributed by atoms with E-state index in [1.807, 2.05) is 0 Å². The molecule has 0 unspecified atom stereocenters. The standard InChI is InChI=1S/C17H19F3N2S/c18-12-1-2-13(15(20)14(12)19)21-17(23)22-16-10-4-8-3-9(6-10)7-11(16)5-8/h1-2,8-11,16H,3-7H2,(H2,21,22,23). The third-order valence-electron chi connectivity index (χ3n) is 5.81. The molecular formula is C17H19F3N2S. The molecule has 0 aromatic heterocycles. The van der Waals surface area contributed by atoms with Gasteiger partial charge in [-0.25, -0.2) is 13.2 Å². The Morgan fingerprint density at radius 2 is 1.52 bits per heavy atom. The van der Waals surface area contributed by atoms with Crippen molar-refractivity contribution in [3.05, 3.63) is 29.6 Å². The molecule has 0 heterocycles. The quantitative estimate of drug-likeness (QED) is 0.623. The first kappa shape index (κ1) is 15.2. The lowest BCUT2D eigenvalue weighted by Gasteiger charge is -2.54. The zero-order chi connectivity index (χ0) is 16.1. The van der Waals surface area contributed by atoms with Crippen LogP contribution >= 0.6 is 12.2 Å². The van der Waals surface area contributed by atoms with Crippen LogP contribution in [0.15, 0.2) is 12.1 Å². The fraction of sp³-hybridized carbons (Fsp3) is 0.588. The van der Waals surface area contributed by atoms with Crippen molar-refractivity contribution in [2.24, 2.45) is 23.7 Å². The first-order valence-electron chi connectivity index (χ1n) is 8.22. The van der Waals surface area contributed by atoms with Gasteiger partial charge in [0, 0.05) is 6.04 Å². The summed E-state index contributed by atoms with van der Waals surface area (Å²) in [6, 6.07) is 2.38. The van der Waals surface area contributed by atoms with E-state index in [9.17, 15) is 13.2 Å². The smallest absolute Gasteiger partial charge is 0.196 e. The maximum absolute atomic E-state index is 13.7. The summed E-state index contributed by atoms with van der Waals surface area (Å²) in [6.07, 6.45) is 6.35. The van der Waals surface area contributed by atoms with E-state index < -0.39 is 17.5 Å². The molecule has 4 bridgehead atoms. The second kappa shape index (κ2) is 5.65. The fourth-order valence-electron chi connectivity index (χ4n) is 5.09. The van der Waals surface area contributed by atoms with E-state index >= 15 is 0 Å². The Morgan fingerprint density at radius 3 is 2.13 bits per heavy atom. The molecule has 6 heteroatoms. The Balaban J connectivity index is 1.44. The van der Waals surface area contributed by atoms with Gasteiger partial charge in [-0.05, 0) is 80.1 Å². The maximum Gasteiger partial charge on any atom is 0.196 e. The van der Waals surface area contributed by atoms with Crippen molar-refractivity contribution in [3.63, 3.8) is 0 Å². The summed E-state index contributed by atoms with van der Waals surface area (Å²) >= 11 is 5.27. The highest BCUT2D eigenvalue weighted by Gasteiger charge is 2.48. The van der Waals surface area contributed by atoms with E-state index in [0.717, 1.165) is 17.9 Å². The third kappa shape index (κ3) is 2.71. The lowest BCUT2D eigenvalue weighted by molar-refractivity contribution is -0.00665. The van der Waals surface area contributed by atoms with Gasteiger partial charge >= 0.3 is 0 Å². The van der Waals surface area contributed by atoms with E-state index in [1.165, 1.54) is 38.2 Å². The van der Waals surface area contributed by atoms with Crippen molar-refractivity contribution < 1.29 is 13.2 Å². The molecule has 4 saturated carbocycles. The summed E-state index contributed by atoms with van der Waals surface area (Å²) in [7, 11) is 0. The lowest BCUT2D eigenvalue weighted by Crippen LogP contribution is -2.56. The predicted octanol–water partition coefficient (Wildman–Crippen LogP) is 4.22. The van der Waals surface area contributed by atoms with Gasteiger partial charge in [0.05, 0.1) is 5.69 Å². The summed E-state index contributed by atoms with van der Waals surface area (Å²) in [5.74, 6) is -0.942. The number of benzene rings is 1. The summed E-state index contributed by atoms with van der Waals surface area (Å²) < 4.78 is 40.0. The number of hydrogen-bond donors (Lipinski definition) is 2. The highest BCUT2D eigenvalue weighted by Crippen LogP contribution is 2.53. The fourth-order valence-corrected chi connectivity index (χ4v) is 5.34. The molecule has 4 aliphatic carbocycles. The van der Waals surface area contributed by atoms with Gasteiger partial charge < -0.3 is 10.6 Å². The van der Waals surface area contributed by atoms with Gasteiger partial charge in [0.15, 0.2) is 22.6 Å². The second-order valence-corrected chi connectivity index (χ2v) is 7.69. The summed E-state index contributed by atoms with van der Waals surface area (Å²) in [4.78, 5) is 0. The molecule has 0 aliphatic heterocycles. The van der Waals surface area contributed by atoms with Gasteiger partial charge in [0.2, 0.25) is 0 Å². The highest BCUT2D eigenvalue weighted by atomic mass is 32.1. The van der Waals surface area contributed by atoms with Gasteiger partial charge in [-0.1, -0.05) is 0 Å². The highest BCUT2D eigenvalue weighted by molar-refractivity contribution is 7.80. The lowest BCUT2D eigenvalue weighted by atomic mass is 9.54. The van der Waals surface area contributed by atoms with Crippen molar-refractivity contribution in [1.29, 1.82) is 0 Å². The Kier molecular flexibility index (Phi) is 3.75. The first-order valence-corrected chi connectivity index (χ1v) is 8.63. The number of hydrogen-bond acceptors (Lipinski definition) is 1. The van der Waals surface area contributed by atoms with E-state index in [2.05, 4.69) is 10.6 Å². The molecule has 5 rings (SSSR count). The van der Waals surface area contributed by atoms with Crippen LogP contribution in [0.25, 0.3) is 0 Å². The molecule has 0 amide bonds. The number of halogens is 3. The van der Waals surface area contributed by atoms with Gasteiger partial charge in [-0.2, -0.15) is 0 Å². The molecule has 0 spiro atoms. The van der Waals surface area contributed by atoms with Crippen molar-refractivity contribution in [1.82, 2.24) is 5.32 Å². The second-order valence-electron chi connectivity index (χ2n) is 7.28. The van der Waals surface area contributed by atoms with E-state index in [-0.39, 0.29) is 10.8 Å². The molecule has 1 aromatic rings. The molecule has 0 radical (unpaired) electrons. The molecule has 1 aromatic carbocycles. The Hall–Kier alpha value is -1.30. The third-order valence-corrected chi connectivity index (χ3v) is 6.03. The predicted molar refractivity (Wildman–Crippen MR) is 86.5 cm³/mol. The number of anilines is 1. The molecule has 4 fully saturated rings. The Morgan fingerprint density at radius 1 is 0.913 bits per heavy atom. The maximum atomic E-state index is 13.7. The number of nitrogens with one attached hydrogen (secondary N) is 2. The molecule has 0 saturated heterocycles. The zero-order valence-electron chi connectivity index (χ0n) is 12.6. The van der Waals surface area contributed by atoms with Crippen LogP contribution in [0.2, 0.25) is 0 Å². The SMILES string of the molecule is Fc1ccc(NC(=S)NC2C3CC4CC(C3)CC2C4)c(F)c1F. The minimum absolute atomic E-state index is 0.134.